The Hall–Kier alpha value is -2.66. The fraction of sp³-hybridized carbons (Fsp3) is 0.0625. The zero-order valence-electron chi connectivity index (χ0n) is 11.7. The van der Waals surface area contributed by atoms with Crippen molar-refractivity contribution in [2.24, 2.45) is 0 Å². The van der Waals surface area contributed by atoms with Gasteiger partial charge in [-0.3, -0.25) is 9.78 Å². The maximum absolute atomic E-state index is 12.2. The molecule has 0 saturated carbocycles. The summed E-state index contributed by atoms with van der Waals surface area (Å²) in [5.41, 5.74) is 2.19. The third-order valence-corrected chi connectivity index (χ3v) is 3.55. The fourth-order valence-electron chi connectivity index (χ4n) is 1.91. The highest BCUT2D eigenvalue weighted by molar-refractivity contribution is 6.31. The van der Waals surface area contributed by atoms with E-state index < -0.39 is 0 Å². The standard InChI is InChI=1S/C16H12ClN3O2/c1-10-11(17)5-4-7-12(10)19-15(21)14-9-22-16(20-14)13-6-2-3-8-18-13/h2-9H,1H3,(H,19,21). The first-order valence-corrected chi connectivity index (χ1v) is 6.96. The van der Waals surface area contributed by atoms with Crippen molar-refractivity contribution in [1.82, 2.24) is 9.97 Å². The number of benzene rings is 1. The molecule has 0 saturated heterocycles. The van der Waals surface area contributed by atoms with Crippen LogP contribution in [-0.2, 0) is 0 Å². The van der Waals surface area contributed by atoms with Gasteiger partial charge in [0.15, 0.2) is 5.69 Å². The molecule has 0 aliphatic heterocycles. The smallest absolute Gasteiger partial charge is 0.277 e. The van der Waals surface area contributed by atoms with E-state index in [1.165, 1.54) is 6.26 Å². The number of carbonyl (C=O) groups is 1. The third kappa shape index (κ3) is 2.84. The van der Waals surface area contributed by atoms with Gasteiger partial charge in [-0.25, -0.2) is 4.98 Å². The van der Waals surface area contributed by atoms with E-state index in [9.17, 15) is 4.79 Å². The summed E-state index contributed by atoms with van der Waals surface area (Å²) in [5, 5.41) is 3.36. The number of anilines is 1. The molecule has 3 rings (SSSR count). The molecule has 6 heteroatoms. The topological polar surface area (TPSA) is 68.0 Å². The highest BCUT2D eigenvalue weighted by atomic mass is 35.5. The van der Waals surface area contributed by atoms with Crippen molar-refractivity contribution in [3.8, 4) is 11.6 Å². The molecule has 0 radical (unpaired) electrons. The van der Waals surface area contributed by atoms with Gasteiger partial charge in [-0.2, -0.15) is 0 Å². The summed E-state index contributed by atoms with van der Waals surface area (Å²) in [4.78, 5) is 20.5. The van der Waals surface area contributed by atoms with Gasteiger partial charge >= 0.3 is 0 Å². The van der Waals surface area contributed by atoms with Gasteiger partial charge in [0.05, 0.1) is 0 Å². The molecule has 0 spiro atoms. The molecule has 2 aromatic heterocycles. The maximum Gasteiger partial charge on any atom is 0.277 e. The van der Waals surface area contributed by atoms with Crippen LogP contribution in [0.5, 0.6) is 0 Å². The van der Waals surface area contributed by atoms with Gasteiger partial charge < -0.3 is 9.73 Å². The van der Waals surface area contributed by atoms with Crippen molar-refractivity contribution in [2.75, 3.05) is 5.32 Å². The van der Waals surface area contributed by atoms with Crippen LogP contribution in [0.1, 0.15) is 16.1 Å². The Bertz CT molecular complexity index is 815. The molecule has 5 nitrogen and oxygen atoms in total. The Morgan fingerprint density at radius 1 is 1.23 bits per heavy atom. The van der Waals surface area contributed by atoms with Crippen LogP contribution in [0.25, 0.3) is 11.6 Å². The van der Waals surface area contributed by atoms with Gasteiger partial charge in [-0.05, 0) is 36.8 Å². The number of nitrogens with one attached hydrogen (secondary N) is 1. The number of hydrogen-bond acceptors (Lipinski definition) is 4. The van der Waals surface area contributed by atoms with E-state index in [4.69, 9.17) is 16.0 Å². The van der Waals surface area contributed by atoms with Crippen molar-refractivity contribution < 1.29 is 9.21 Å². The van der Waals surface area contributed by atoms with Crippen LogP contribution in [0.2, 0.25) is 5.02 Å². The Labute approximate surface area is 132 Å². The summed E-state index contributed by atoms with van der Waals surface area (Å²) in [6, 6.07) is 10.7. The highest BCUT2D eigenvalue weighted by Crippen LogP contribution is 2.23. The molecule has 110 valence electrons. The van der Waals surface area contributed by atoms with E-state index in [-0.39, 0.29) is 11.6 Å². The summed E-state index contributed by atoms with van der Waals surface area (Å²) < 4.78 is 5.30. The summed E-state index contributed by atoms with van der Waals surface area (Å²) in [5.74, 6) is -0.0649. The molecule has 1 aromatic carbocycles. The minimum atomic E-state index is -0.365. The van der Waals surface area contributed by atoms with Crippen LogP contribution >= 0.6 is 11.6 Å². The van der Waals surface area contributed by atoms with E-state index in [1.807, 2.05) is 13.0 Å². The van der Waals surface area contributed by atoms with Crippen LogP contribution in [0.15, 0.2) is 53.3 Å². The Morgan fingerprint density at radius 2 is 2.09 bits per heavy atom. The molecular weight excluding hydrogens is 302 g/mol. The molecule has 0 aliphatic rings. The first-order valence-electron chi connectivity index (χ1n) is 6.58. The molecule has 0 aliphatic carbocycles. The summed E-state index contributed by atoms with van der Waals surface area (Å²) >= 11 is 6.03. The molecule has 0 unspecified atom stereocenters. The van der Waals surface area contributed by atoms with Crippen LogP contribution in [0.4, 0.5) is 5.69 Å². The quantitative estimate of drug-likeness (QED) is 0.795. The fourth-order valence-corrected chi connectivity index (χ4v) is 2.09. The number of amides is 1. The van der Waals surface area contributed by atoms with E-state index >= 15 is 0 Å². The monoisotopic (exact) mass is 313 g/mol. The summed E-state index contributed by atoms with van der Waals surface area (Å²) in [7, 11) is 0. The van der Waals surface area contributed by atoms with Gasteiger partial charge in [0.1, 0.15) is 12.0 Å². The lowest BCUT2D eigenvalue weighted by molar-refractivity contribution is 0.102. The molecular formula is C16H12ClN3O2. The average molecular weight is 314 g/mol. The number of rotatable bonds is 3. The van der Waals surface area contributed by atoms with Gasteiger partial charge in [0.2, 0.25) is 5.89 Å². The second-order valence-electron chi connectivity index (χ2n) is 4.62. The first-order chi connectivity index (χ1) is 10.6. The molecule has 2 heterocycles. The maximum atomic E-state index is 12.2. The first kappa shape index (κ1) is 14.3. The normalized spacial score (nSPS) is 10.5. The van der Waals surface area contributed by atoms with Gasteiger partial charge in [-0.1, -0.05) is 23.7 Å². The number of aromatic nitrogens is 2. The average Bonchev–Trinajstić information content (AvgIpc) is 3.03. The molecule has 3 aromatic rings. The third-order valence-electron chi connectivity index (χ3n) is 3.14. The largest absolute Gasteiger partial charge is 0.442 e. The lowest BCUT2D eigenvalue weighted by Crippen LogP contribution is -2.13. The number of carbonyl (C=O) groups excluding carboxylic acids is 1. The second kappa shape index (κ2) is 5.99. The molecule has 1 N–H and O–H groups in total. The zero-order valence-corrected chi connectivity index (χ0v) is 12.5. The number of oxazole rings is 1. The van der Waals surface area contributed by atoms with Gasteiger partial charge in [-0.15, -0.1) is 0 Å². The van der Waals surface area contributed by atoms with Crippen LogP contribution < -0.4 is 5.32 Å². The minimum Gasteiger partial charge on any atom is -0.442 e. The Kier molecular flexibility index (Phi) is 3.89. The van der Waals surface area contributed by atoms with Crippen molar-refractivity contribution in [3.05, 3.63) is 65.1 Å². The van der Waals surface area contributed by atoms with E-state index in [2.05, 4.69) is 15.3 Å². The number of nitrogens with zero attached hydrogens (tertiary/aromatic N) is 2. The van der Waals surface area contributed by atoms with E-state index in [0.29, 0.717) is 22.3 Å². The van der Waals surface area contributed by atoms with E-state index in [1.54, 1.807) is 36.5 Å². The van der Waals surface area contributed by atoms with Crippen molar-refractivity contribution in [1.29, 1.82) is 0 Å². The Balaban J connectivity index is 1.82. The number of halogens is 1. The summed E-state index contributed by atoms with van der Waals surface area (Å²) in [6.07, 6.45) is 2.94. The van der Waals surface area contributed by atoms with Gasteiger partial charge in [0.25, 0.3) is 5.91 Å². The van der Waals surface area contributed by atoms with Crippen molar-refractivity contribution in [2.45, 2.75) is 6.92 Å². The number of pyridine rings is 1. The van der Waals surface area contributed by atoms with Crippen LogP contribution in [0.3, 0.4) is 0 Å². The van der Waals surface area contributed by atoms with Gasteiger partial charge in [0, 0.05) is 16.9 Å². The second-order valence-corrected chi connectivity index (χ2v) is 5.03. The zero-order chi connectivity index (χ0) is 15.5. The van der Waals surface area contributed by atoms with Crippen LogP contribution in [0, 0.1) is 6.92 Å². The molecule has 0 atom stereocenters. The minimum absolute atomic E-state index is 0.181. The highest BCUT2D eigenvalue weighted by Gasteiger charge is 2.15. The van der Waals surface area contributed by atoms with Crippen LogP contribution in [-0.4, -0.2) is 15.9 Å². The predicted molar refractivity (Wildman–Crippen MR) is 83.9 cm³/mol. The predicted octanol–water partition coefficient (Wildman–Crippen LogP) is 3.95. The number of hydrogen-bond donors (Lipinski definition) is 1. The lowest BCUT2D eigenvalue weighted by Gasteiger charge is -2.07. The van der Waals surface area contributed by atoms with Crippen molar-refractivity contribution in [3.63, 3.8) is 0 Å². The van der Waals surface area contributed by atoms with Crippen molar-refractivity contribution >= 4 is 23.2 Å². The summed E-state index contributed by atoms with van der Waals surface area (Å²) in [6.45, 7) is 1.83. The van der Waals surface area contributed by atoms with E-state index in [0.717, 1.165) is 5.56 Å². The molecule has 0 fully saturated rings. The molecule has 1 amide bonds. The SMILES string of the molecule is Cc1c(Cl)cccc1NC(=O)c1coc(-c2ccccn2)n1. The molecule has 22 heavy (non-hydrogen) atoms. The Morgan fingerprint density at radius 3 is 2.86 bits per heavy atom. The molecule has 0 bridgehead atoms. The lowest BCUT2D eigenvalue weighted by atomic mass is 10.2.